The van der Waals surface area contributed by atoms with Gasteiger partial charge in [0, 0.05) is 31.3 Å². The second-order valence-corrected chi connectivity index (χ2v) is 6.40. The van der Waals surface area contributed by atoms with Gasteiger partial charge in [0.1, 0.15) is 0 Å². The Hall–Kier alpha value is -2.66. The quantitative estimate of drug-likeness (QED) is 0.759. The smallest absolute Gasteiger partial charge is 0.0954 e. The molecule has 5 nitrogen and oxygen atoms in total. The van der Waals surface area contributed by atoms with Crippen LogP contribution in [0.2, 0.25) is 0 Å². The summed E-state index contributed by atoms with van der Waals surface area (Å²) in [5, 5.41) is 10.5. The summed E-state index contributed by atoms with van der Waals surface area (Å²) in [5.41, 5.74) is 1.82. The first-order valence-electron chi connectivity index (χ1n) is 7.95. The predicted molar refractivity (Wildman–Crippen MR) is 94.4 cm³/mol. The van der Waals surface area contributed by atoms with Gasteiger partial charge in [-0.15, -0.1) is 0 Å². The summed E-state index contributed by atoms with van der Waals surface area (Å²) in [5.74, 6) is 0. The van der Waals surface area contributed by atoms with E-state index in [9.17, 15) is 5.11 Å². The van der Waals surface area contributed by atoms with Crippen molar-refractivity contribution in [3.8, 4) is 0 Å². The molecule has 1 unspecified atom stereocenters. The highest BCUT2D eigenvalue weighted by molar-refractivity contribution is 5.50. The van der Waals surface area contributed by atoms with Gasteiger partial charge in [0.2, 0.25) is 0 Å². The Balaban J connectivity index is 1.66. The van der Waals surface area contributed by atoms with Crippen LogP contribution >= 0.6 is 0 Å². The van der Waals surface area contributed by atoms with Gasteiger partial charge in [-0.1, -0.05) is 36.4 Å². The molecular weight excluding hydrogens is 300 g/mol. The van der Waals surface area contributed by atoms with Crippen molar-refractivity contribution in [2.75, 3.05) is 0 Å². The molecule has 0 saturated carbocycles. The number of hydrogen-bond donors (Lipinski definition) is 1. The largest absolute Gasteiger partial charge is 0.387 e. The van der Waals surface area contributed by atoms with E-state index in [-0.39, 0.29) is 0 Å². The van der Waals surface area contributed by atoms with E-state index >= 15 is 0 Å². The van der Waals surface area contributed by atoms with Gasteiger partial charge in [-0.25, -0.2) is 9.97 Å². The maximum Gasteiger partial charge on any atom is 0.0954 e. The van der Waals surface area contributed by atoms with Crippen molar-refractivity contribution in [2.24, 2.45) is 0 Å². The van der Waals surface area contributed by atoms with Crippen LogP contribution < -0.4 is 0 Å². The van der Waals surface area contributed by atoms with Gasteiger partial charge in [-0.2, -0.15) is 0 Å². The van der Waals surface area contributed by atoms with E-state index in [0.717, 1.165) is 12.1 Å². The average Bonchev–Trinajstić information content (AvgIpc) is 3.27. The third-order valence-corrected chi connectivity index (χ3v) is 4.27. The molecule has 24 heavy (non-hydrogen) atoms. The van der Waals surface area contributed by atoms with E-state index in [1.807, 2.05) is 53.9 Å². The van der Waals surface area contributed by atoms with Crippen molar-refractivity contribution in [2.45, 2.75) is 32.0 Å². The van der Waals surface area contributed by atoms with Crippen LogP contribution in [0.1, 0.15) is 25.0 Å². The summed E-state index contributed by atoms with van der Waals surface area (Å²) in [6, 6.07) is 8.29. The fourth-order valence-electron chi connectivity index (χ4n) is 2.52. The lowest BCUT2D eigenvalue weighted by Crippen LogP contribution is -2.37. The number of rotatable bonds is 6. The van der Waals surface area contributed by atoms with E-state index in [4.69, 9.17) is 0 Å². The Morgan fingerprint density at radius 1 is 1.08 bits per heavy atom. The van der Waals surface area contributed by atoms with Gasteiger partial charge >= 0.3 is 0 Å². The fraction of sp³-hybridized carbons (Fsp3) is 0.263. The molecule has 0 spiro atoms. The molecule has 1 atom stereocenters. The molecule has 2 aromatic heterocycles. The Labute approximate surface area is 141 Å². The number of hydrogen-bond acceptors (Lipinski definition) is 3. The summed E-state index contributed by atoms with van der Waals surface area (Å²) >= 11 is 0. The van der Waals surface area contributed by atoms with Crippen molar-refractivity contribution in [1.82, 2.24) is 19.1 Å². The first kappa shape index (κ1) is 16.2. The Morgan fingerprint density at radius 3 is 2.42 bits per heavy atom. The van der Waals surface area contributed by atoms with Crippen LogP contribution in [-0.2, 0) is 12.1 Å². The van der Waals surface area contributed by atoms with E-state index < -0.39 is 11.6 Å². The molecule has 5 heteroatoms. The Bertz CT molecular complexity index is 771. The average molecular weight is 322 g/mol. The van der Waals surface area contributed by atoms with Crippen molar-refractivity contribution in [1.29, 1.82) is 0 Å². The highest BCUT2D eigenvalue weighted by Crippen LogP contribution is 2.21. The number of benzene rings is 1. The normalized spacial score (nSPS) is 13.5. The molecule has 0 aliphatic rings. The number of aliphatic hydroxyl groups is 1. The predicted octanol–water partition coefficient (Wildman–Crippen LogP) is 2.94. The molecule has 0 amide bonds. The minimum atomic E-state index is -0.614. The van der Waals surface area contributed by atoms with Crippen LogP contribution in [0.5, 0.6) is 0 Å². The van der Waals surface area contributed by atoms with Gasteiger partial charge in [0.25, 0.3) is 0 Å². The minimum absolute atomic E-state index is 0.450. The van der Waals surface area contributed by atoms with Gasteiger partial charge in [-0.3, -0.25) is 0 Å². The highest BCUT2D eigenvalue weighted by Gasteiger charge is 2.27. The molecule has 124 valence electrons. The summed E-state index contributed by atoms with van der Waals surface area (Å²) in [6.45, 7) is 4.77. The summed E-state index contributed by atoms with van der Waals surface area (Å²) in [4.78, 5) is 8.10. The standard InChI is InChI=1S/C19H22N4O/c1-19(2,23-12-10-21-15-23)18(24)8-7-16-3-5-17(6-4-16)13-22-11-9-20-14-22/h3-12,14-15,18,24H,13H2,1-2H3/b8-7+. The second-order valence-electron chi connectivity index (χ2n) is 6.40. The lowest BCUT2D eigenvalue weighted by Gasteiger charge is -2.30. The second kappa shape index (κ2) is 6.84. The third kappa shape index (κ3) is 3.63. The molecule has 0 aliphatic heterocycles. The van der Waals surface area contributed by atoms with Gasteiger partial charge in [-0.05, 0) is 25.0 Å². The van der Waals surface area contributed by atoms with Gasteiger partial charge in [0.05, 0.1) is 24.3 Å². The summed E-state index contributed by atoms with van der Waals surface area (Å²) in [7, 11) is 0. The zero-order valence-corrected chi connectivity index (χ0v) is 13.9. The Kier molecular flexibility index (Phi) is 4.62. The molecule has 1 aromatic carbocycles. The van der Waals surface area contributed by atoms with E-state index in [1.165, 1.54) is 5.56 Å². The molecule has 0 saturated heterocycles. The minimum Gasteiger partial charge on any atom is -0.387 e. The van der Waals surface area contributed by atoms with Gasteiger partial charge in [0.15, 0.2) is 0 Å². The fourth-order valence-corrected chi connectivity index (χ4v) is 2.52. The molecule has 3 rings (SSSR count). The van der Waals surface area contributed by atoms with Crippen LogP contribution in [-0.4, -0.2) is 30.3 Å². The molecule has 3 aromatic rings. The van der Waals surface area contributed by atoms with E-state index in [1.54, 1.807) is 18.7 Å². The number of aliphatic hydroxyl groups excluding tert-OH is 1. The summed E-state index contributed by atoms with van der Waals surface area (Å²) < 4.78 is 3.94. The molecule has 2 heterocycles. The van der Waals surface area contributed by atoms with Crippen molar-refractivity contribution < 1.29 is 5.11 Å². The monoisotopic (exact) mass is 322 g/mol. The molecular formula is C19H22N4O. The van der Waals surface area contributed by atoms with Crippen molar-refractivity contribution in [3.63, 3.8) is 0 Å². The molecule has 0 radical (unpaired) electrons. The van der Waals surface area contributed by atoms with Crippen molar-refractivity contribution >= 4 is 6.08 Å². The number of imidazole rings is 2. The lowest BCUT2D eigenvalue weighted by molar-refractivity contribution is 0.0978. The first-order chi connectivity index (χ1) is 11.6. The van der Waals surface area contributed by atoms with Gasteiger partial charge < -0.3 is 14.2 Å². The zero-order valence-electron chi connectivity index (χ0n) is 13.9. The van der Waals surface area contributed by atoms with Crippen LogP contribution in [0, 0.1) is 0 Å². The number of aromatic nitrogens is 4. The van der Waals surface area contributed by atoms with Crippen LogP contribution in [0.4, 0.5) is 0 Å². The third-order valence-electron chi connectivity index (χ3n) is 4.27. The highest BCUT2D eigenvalue weighted by atomic mass is 16.3. The lowest BCUT2D eigenvalue weighted by atomic mass is 9.96. The van der Waals surface area contributed by atoms with E-state index in [0.29, 0.717) is 0 Å². The van der Waals surface area contributed by atoms with Crippen molar-refractivity contribution in [3.05, 3.63) is 78.9 Å². The maximum atomic E-state index is 10.5. The molecule has 0 aliphatic carbocycles. The first-order valence-corrected chi connectivity index (χ1v) is 7.95. The molecule has 0 bridgehead atoms. The molecule has 0 fully saturated rings. The van der Waals surface area contributed by atoms with Crippen LogP contribution in [0.3, 0.4) is 0 Å². The Morgan fingerprint density at radius 2 is 1.79 bits per heavy atom. The maximum absolute atomic E-state index is 10.5. The van der Waals surface area contributed by atoms with Crippen LogP contribution in [0.25, 0.3) is 6.08 Å². The zero-order chi connectivity index (χ0) is 17.0. The summed E-state index contributed by atoms with van der Waals surface area (Å²) in [6.07, 6.45) is 14.0. The topological polar surface area (TPSA) is 55.9 Å². The molecule has 1 N–H and O–H groups in total. The SMILES string of the molecule is CC(C)(C(O)/C=C/c1ccc(Cn2ccnc2)cc1)n1ccnc1. The van der Waals surface area contributed by atoms with E-state index in [2.05, 4.69) is 34.2 Å². The number of nitrogens with zero attached hydrogens (tertiary/aromatic N) is 4. The van der Waals surface area contributed by atoms with Crippen LogP contribution in [0.15, 0.2) is 67.8 Å².